The largest absolute Gasteiger partial charge is 0.464 e. The van der Waals surface area contributed by atoms with Gasteiger partial charge in [0.1, 0.15) is 0 Å². The average Bonchev–Trinajstić information content (AvgIpc) is 2.43. The highest BCUT2D eigenvalue weighted by molar-refractivity contribution is 5.27. The molecular weight excluding hydrogens is 296 g/mol. The monoisotopic (exact) mass is 312 g/mol. The lowest BCUT2D eigenvalue weighted by Gasteiger charge is -2.15. The topological polar surface area (TPSA) is 69.2 Å². The normalized spacial score (nSPS) is 11.6. The molecule has 0 radical (unpaired) electrons. The Morgan fingerprint density at radius 3 is 2.24 bits per heavy atom. The summed E-state index contributed by atoms with van der Waals surface area (Å²) in [7, 11) is 0. The molecular formula is C11H16F4N4O2. The van der Waals surface area contributed by atoms with E-state index in [9.17, 15) is 17.6 Å². The van der Waals surface area contributed by atoms with Crippen molar-refractivity contribution in [2.24, 2.45) is 0 Å². The zero-order chi connectivity index (χ0) is 15.9. The molecule has 120 valence electrons. The first-order chi connectivity index (χ1) is 9.89. The number of halogens is 4. The van der Waals surface area contributed by atoms with E-state index in [1.165, 1.54) is 0 Å². The fourth-order valence-electron chi connectivity index (χ4n) is 1.14. The van der Waals surface area contributed by atoms with Gasteiger partial charge in [0.2, 0.25) is 5.95 Å². The van der Waals surface area contributed by atoms with Gasteiger partial charge in [0.05, 0.1) is 6.61 Å². The summed E-state index contributed by atoms with van der Waals surface area (Å²) in [5.74, 6) is -4.22. The van der Waals surface area contributed by atoms with Crippen molar-refractivity contribution in [1.82, 2.24) is 15.0 Å². The maximum absolute atomic E-state index is 12.8. The van der Waals surface area contributed by atoms with Gasteiger partial charge in [-0.05, 0) is 13.3 Å². The van der Waals surface area contributed by atoms with E-state index in [-0.39, 0.29) is 18.6 Å². The van der Waals surface area contributed by atoms with E-state index in [2.05, 4.69) is 25.0 Å². The van der Waals surface area contributed by atoms with E-state index >= 15 is 0 Å². The van der Waals surface area contributed by atoms with Gasteiger partial charge in [-0.1, -0.05) is 6.92 Å². The highest BCUT2D eigenvalue weighted by atomic mass is 19.3. The minimum Gasteiger partial charge on any atom is -0.464 e. The predicted octanol–water partition coefficient (Wildman–Crippen LogP) is 2.37. The summed E-state index contributed by atoms with van der Waals surface area (Å²) < 4.78 is 59.2. The summed E-state index contributed by atoms with van der Waals surface area (Å²) in [6.45, 7) is 2.81. The summed E-state index contributed by atoms with van der Waals surface area (Å²) in [5.41, 5.74) is 0. The third-order valence-corrected chi connectivity index (χ3v) is 2.11. The van der Waals surface area contributed by atoms with Crippen LogP contribution in [0.2, 0.25) is 0 Å². The van der Waals surface area contributed by atoms with Crippen LogP contribution in [0.15, 0.2) is 0 Å². The van der Waals surface area contributed by atoms with Crippen molar-refractivity contribution in [2.45, 2.75) is 32.6 Å². The van der Waals surface area contributed by atoms with Gasteiger partial charge in [-0.25, -0.2) is 8.78 Å². The van der Waals surface area contributed by atoms with Crippen LogP contribution in [-0.2, 0) is 0 Å². The van der Waals surface area contributed by atoms with Crippen molar-refractivity contribution in [3.8, 4) is 12.0 Å². The molecule has 0 aromatic carbocycles. The second kappa shape index (κ2) is 7.79. The summed E-state index contributed by atoms with van der Waals surface area (Å²) in [5, 5.41) is 2.80. The molecule has 1 aromatic rings. The van der Waals surface area contributed by atoms with Gasteiger partial charge < -0.3 is 14.8 Å². The Kier molecular flexibility index (Phi) is 6.38. The zero-order valence-electron chi connectivity index (χ0n) is 11.6. The number of anilines is 1. The van der Waals surface area contributed by atoms with Crippen LogP contribution in [0, 0.1) is 0 Å². The second-order valence-corrected chi connectivity index (χ2v) is 3.93. The quantitative estimate of drug-likeness (QED) is 0.706. The van der Waals surface area contributed by atoms with Gasteiger partial charge in [-0.2, -0.15) is 18.7 Å². The van der Waals surface area contributed by atoms with E-state index < -0.39 is 25.0 Å². The highest BCUT2D eigenvalue weighted by Crippen LogP contribution is 2.24. The smallest absolute Gasteiger partial charge is 0.340 e. The highest BCUT2D eigenvalue weighted by Gasteiger charge is 2.42. The molecule has 1 heterocycles. The molecule has 1 rings (SSSR count). The Hall–Kier alpha value is -1.87. The number of aromatic nitrogens is 3. The SMILES string of the molecule is CCCNc1nc(OCC)nc(OCC(F)(F)C(F)F)n1. The van der Waals surface area contributed by atoms with E-state index in [0.717, 1.165) is 6.42 Å². The van der Waals surface area contributed by atoms with Crippen LogP contribution >= 0.6 is 0 Å². The first-order valence-corrected chi connectivity index (χ1v) is 6.30. The van der Waals surface area contributed by atoms with Crippen molar-refractivity contribution in [2.75, 3.05) is 25.1 Å². The van der Waals surface area contributed by atoms with Crippen LogP contribution in [0.3, 0.4) is 0 Å². The van der Waals surface area contributed by atoms with Crippen molar-refractivity contribution >= 4 is 5.95 Å². The van der Waals surface area contributed by atoms with Gasteiger partial charge in [-0.15, -0.1) is 4.98 Å². The fourth-order valence-corrected chi connectivity index (χ4v) is 1.14. The second-order valence-electron chi connectivity index (χ2n) is 3.93. The average molecular weight is 312 g/mol. The Bertz CT molecular complexity index is 448. The predicted molar refractivity (Wildman–Crippen MR) is 66.2 cm³/mol. The minimum absolute atomic E-state index is 0.0608. The molecule has 0 fully saturated rings. The molecule has 1 aromatic heterocycles. The number of hydrogen-bond donors (Lipinski definition) is 1. The molecule has 10 heteroatoms. The van der Waals surface area contributed by atoms with Crippen molar-refractivity contribution in [3.05, 3.63) is 0 Å². The summed E-state index contributed by atoms with van der Waals surface area (Å²) >= 11 is 0. The molecule has 0 saturated carbocycles. The van der Waals surface area contributed by atoms with Crippen molar-refractivity contribution in [3.63, 3.8) is 0 Å². The van der Waals surface area contributed by atoms with Crippen molar-refractivity contribution < 1.29 is 27.0 Å². The lowest BCUT2D eigenvalue weighted by molar-refractivity contribution is -0.149. The molecule has 0 atom stereocenters. The molecule has 0 amide bonds. The first kappa shape index (κ1) is 17.2. The molecule has 0 unspecified atom stereocenters. The van der Waals surface area contributed by atoms with Gasteiger partial charge in [0, 0.05) is 6.54 Å². The molecule has 1 N–H and O–H groups in total. The van der Waals surface area contributed by atoms with Gasteiger partial charge >= 0.3 is 24.4 Å². The van der Waals surface area contributed by atoms with Crippen LogP contribution < -0.4 is 14.8 Å². The molecule has 0 aliphatic carbocycles. The number of nitrogens with one attached hydrogen (secondary N) is 1. The van der Waals surface area contributed by atoms with Crippen LogP contribution in [-0.4, -0.2) is 47.1 Å². The van der Waals surface area contributed by atoms with Crippen LogP contribution in [0.25, 0.3) is 0 Å². The summed E-state index contributed by atoms with van der Waals surface area (Å²) in [4.78, 5) is 11.2. The zero-order valence-corrected chi connectivity index (χ0v) is 11.6. The third-order valence-electron chi connectivity index (χ3n) is 2.11. The third kappa shape index (κ3) is 5.56. The standard InChI is InChI=1S/C11H16F4N4O2/c1-3-5-16-8-17-9(20-4-2)19-10(18-8)21-6-11(14,15)7(12)13/h7H,3-6H2,1-2H3,(H,16,17,18,19). The van der Waals surface area contributed by atoms with Gasteiger partial charge in [0.15, 0.2) is 6.61 Å². The Morgan fingerprint density at radius 2 is 1.71 bits per heavy atom. The molecule has 0 saturated heterocycles. The minimum atomic E-state index is -4.28. The number of hydrogen-bond acceptors (Lipinski definition) is 6. The number of rotatable bonds is 9. The maximum atomic E-state index is 12.8. The molecule has 0 spiro atoms. The lowest BCUT2D eigenvalue weighted by atomic mass is 10.4. The van der Waals surface area contributed by atoms with Gasteiger partial charge in [0.25, 0.3) is 0 Å². The fraction of sp³-hybridized carbons (Fsp3) is 0.727. The Morgan fingerprint density at radius 1 is 1.10 bits per heavy atom. The van der Waals surface area contributed by atoms with Crippen LogP contribution in [0.5, 0.6) is 12.0 Å². The molecule has 0 aliphatic heterocycles. The molecule has 6 nitrogen and oxygen atoms in total. The molecule has 0 bridgehead atoms. The van der Waals surface area contributed by atoms with Crippen molar-refractivity contribution in [1.29, 1.82) is 0 Å². The molecule has 21 heavy (non-hydrogen) atoms. The first-order valence-electron chi connectivity index (χ1n) is 6.30. The number of nitrogens with zero attached hydrogens (tertiary/aromatic N) is 3. The van der Waals surface area contributed by atoms with Crippen LogP contribution in [0.4, 0.5) is 23.5 Å². The van der Waals surface area contributed by atoms with E-state index in [1.54, 1.807) is 6.92 Å². The maximum Gasteiger partial charge on any atom is 0.340 e. The summed E-state index contributed by atoms with van der Waals surface area (Å²) in [6.07, 6.45) is -3.06. The lowest BCUT2D eigenvalue weighted by Crippen LogP contribution is -2.34. The van der Waals surface area contributed by atoms with E-state index in [1.807, 2.05) is 6.92 Å². The van der Waals surface area contributed by atoms with Crippen LogP contribution in [0.1, 0.15) is 20.3 Å². The Balaban J connectivity index is 2.82. The summed E-state index contributed by atoms with van der Waals surface area (Å²) in [6, 6.07) is -0.645. The van der Waals surface area contributed by atoms with E-state index in [4.69, 9.17) is 4.74 Å². The Labute approximate surface area is 118 Å². The van der Waals surface area contributed by atoms with E-state index in [0.29, 0.717) is 6.54 Å². The number of ether oxygens (including phenoxy) is 2. The number of alkyl halides is 4. The van der Waals surface area contributed by atoms with Gasteiger partial charge in [-0.3, -0.25) is 0 Å². The molecule has 0 aliphatic rings.